The van der Waals surface area contributed by atoms with Crippen molar-refractivity contribution < 1.29 is 17.6 Å². The van der Waals surface area contributed by atoms with E-state index in [-0.39, 0.29) is 5.02 Å². The maximum atomic E-state index is 13.5. The number of fused-ring (bicyclic) bond motifs is 1. The zero-order chi connectivity index (χ0) is 22.0. The number of halogens is 5. The summed E-state index contributed by atoms with van der Waals surface area (Å²) in [5.74, 6) is 0.397. The first-order valence-electron chi connectivity index (χ1n) is 9.07. The molecule has 3 aromatic carbocycles. The second-order valence-electron chi connectivity index (χ2n) is 6.61. The highest BCUT2D eigenvalue weighted by Gasteiger charge is 2.29. The van der Waals surface area contributed by atoms with Gasteiger partial charge in [-0.05, 0) is 48.0 Å². The molecule has 0 saturated carbocycles. The number of alkyl halides is 3. The van der Waals surface area contributed by atoms with Crippen LogP contribution in [0.4, 0.5) is 29.1 Å². The minimum atomic E-state index is -4.36. The van der Waals surface area contributed by atoms with Crippen LogP contribution in [0.25, 0.3) is 10.9 Å². The maximum absolute atomic E-state index is 13.5. The Morgan fingerprint density at radius 2 is 1.68 bits per heavy atom. The first-order chi connectivity index (χ1) is 14.8. The van der Waals surface area contributed by atoms with Crippen LogP contribution >= 0.6 is 23.4 Å². The highest BCUT2D eigenvalue weighted by atomic mass is 35.5. The van der Waals surface area contributed by atoms with Crippen molar-refractivity contribution in [2.75, 3.05) is 5.32 Å². The molecule has 0 atom stereocenters. The molecule has 0 aliphatic rings. The number of hydrogen-bond acceptors (Lipinski definition) is 4. The predicted molar refractivity (Wildman–Crippen MR) is 115 cm³/mol. The topological polar surface area (TPSA) is 37.8 Å². The molecule has 158 valence electrons. The first kappa shape index (κ1) is 21.4. The van der Waals surface area contributed by atoms with Gasteiger partial charge in [-0.25, -0.2) is 14.4 Å². The van der Waals surface area contributed by atoms with E-state index in [1.54, 1.807) is 6.07 Å². The Morgan fingerprint density at radius 3 is 2.39 bits per heavy atom. The summed E-state index contributed by atoms with van der Waals surface area (Å²) in [7, 11) is 0. The van der Waals surface area contributed by atoms with E-state index in [2.05, 4.69) is 15.3 Å². The molecule has 1 N–H and O–H groups in total. The Hall–Kier alpha value is -2.84. The van der Waals surface area contributed by atoms with Gasteiger partial charge in [-0.3, -0.25) is 0 Å². The van der Waals surface area contributed by atoms with Crippen molar-refractivity contribution in [2.45, 2.75) is 17.1 Å². The summed E-state index contributed by atoms with van der Waals surface area (Å²) in [6, 6.07) is 16.7. The Morgan fingerprint density at radius 1 is 0.935 bits per heavy atom. The van der Waals surface area contributed by atoms with Crippen LogP contribution in [-0.2, 0) is 11.9 Å². The lowest BCUT2D eigenvalue weighted by Crippen LogP contribution is -2.04. The smallest absolute Gasteiger partial charge is 0.340 e. The highest BCUT2D eigenvalue weighted by molar-refractivity contribution is 7.98. The van der Waals surface area contributed by atoms with E-state index in [1.165, 1.54) is 36.0 Å². The maximum Gasteiger partial charge on any atom is 0.416 e. The van der Waals surface area contributed by atoms with Gasteiger partial charge in [0, 0.05) is 16.8 Å². The van der Waals surface area contributed by atoms with Gasteiger partial charge in [-0.2, -0.15) is 13.2 Å². The normalized spacial score (nSPS) is 11.6. The van der Waals surface area contributed by atoms with Gasteiger partial charge in [0.15, 0.2) is 5.16 Å². The summed E-state index contributed by atoms with van der Waals surface area (Å²) in [4.78, 5) is 9.07. The van der Waals surface area contributed by atoms with Crippen molar-refractivity contribution >= 4 is 45.8 Å². The van der Waals surface area contributed by atoms with Crippen LogP contribution in [0.1, 0.15) is 11.1 Å². The molecule has 0 spiro atoms. The van der Waals surface area contributed by atoms with Crippen LogP contribution in [-0.4, -0.2) is 9.97 Å². The first-order valence-corrected chi connectivity index (χ1v) is 10.4. The number of rotatable bonds is 5. The summed E-state index contributed by atoms with van der Waals surface area (Å²) >= 11 is 7.17. The molecule has 1 aromatic heterocycles. The molecule has 0 bridgehead atoms. The molecule has 4 rings (SSSR count). The Labute approximate surface area is 184 Å². The zero-order valence-corrected chi connectivity index (χ0v) is 17.3. The minimum Gasteiger partial charge on any atom is -0.340 e. The van der Waals surface area contributed by atoms with Gasteiger partial charge in [-0.1, -0.05) is 47.6 Å². The molecule has 0 aliphatic heterocycles. The fraction of sp³-hybridized carbons (Fsp3) is 0.0909. The Balaban J connectivity index is 1.59. The number of anilines is 2. The lowest BCUT2D eigenvalue weighted by atomic mass is 10.1. The third-order valence-electron chi connectivity index (χ3n) is 4.41. The van der Waals surface area contributed by atoms with Gasteiger partial charge in [0.05, 0.1) is 16.1 Å². The summed E-state index contributed by atoms with van der Waals surface area (Å²) in [5, 5.41) is 4.34. The van der Waals surface area contributed by atoms with Crippen LogP contribution in [0.3, 0.4) is 0 Å². The molecule has 1 heterocycles. The summed E-state index contributed by atoms with van der Waals surface area (Å²) in [6.45, 7) is 0. The molecule has 0 amide bonds. The Bertz CT molecular complexity index is 1230. The highest BCUT2D eigenvalue weighted by Crippen LogP contribution is 2.32. The van der Waals surface area contributed by atoms with Crippen molar-refractivity contribution in [2.24, 2.45) is 0 Å². The molecule has 0 unspecified atom stereocenters. The predicted octanol–water partition coefficient (Wildman–Crippen LogP) is 7.48. The van der Waals surface area contributed by atoms with E-state index in [0.29, 0.717) is 27.9 Å². The van der Waals surface area contributed by atoms with Crippen molar-refractivity contribution in [3.05, 3.63) is 88.7 Å². The number of benzene rings is 3. The molecule has 0 aliphatic carbocycles. The van der Waals surface area contributed by atoms with Crippen LogP contribution in [0.2, 0.25) is 5.02 Å². The molecule has 0 fully saturated rings. The van der Waals surface area contributed by atoms with Gasteiger partial charge in [0.25, 0.3) is 0 Å². The average Bonchev–Trinajstić information content (AvgIpc) is 2.74. The second-order valence-corrected chi connectivity index (χ2v) is 7.96. The lowest BCUT2D eigenvalue weighted by molar-refractivity contribution is -0.137. The number of thioether (sulfide) groups is 1. The molecule has 9 heteroatoms. The largest absolute Gasteiger partial charge is 0.416 e. The summed E-state index contributed by atoms with van der Waals surface area (Å²) < 4.78 is 51.6. The molecular formula is C22H14ClF4N3S. The van der Waals surface area contributed by atoms with Crippen LogP contribution in [0.15, 0.2) is 71.9 Å². The molecule has 4 aromatic rings. The van der Waals surface area contributed by atoms with Crippen molar-refractivity contribution in [1.82, 2.24) is 9.97 Å². The fourth-order valence-corrected chi connectivity index (χ4v) is 3.85. The third-order valence-corrected chi connectivity index (χ3v) is 5.62. The molecular weight excluding hydrogens is 450 g/mol. The van der Waals surface area contributed by atoms with E-state index in [0.717, 1.165) is 23.1 Å². The second kappa shape index (κ2) is 8.72. The quantitative estimate of drug-likeness (QED) is 0.189. The average molecular weight is 464 g/mol. The van der Waals surface area contributed by atoms with Crippen molar-refractivity contribution in [3.63, 3.8) is 0 Å². The van der Waals surface area contributed by atoms with E-state index in [1.807, 2.05) is 24.3 Å². The minimum absolute atomic E-state index is 0.0136. The monoisotopic (exact) mass is 463 g/mol. The molecule has 31 heavy (non-hydrogen) atoms. The zero-order valence-electron chi connectivity index (χ0n) is 15.8. The summed E-state index contributed by atoms with van der Waals surface area (Å²) in [5.41, 5.74) is 1.29. The van der Waals surface area contributed by atoms with Gasteiger partial charge in [0.1, 0.15) is 11.6 Å². The van der Waals surface area contributed by atoms with Gasteiger partial charge in [-0.15, -0.1) is 0 Å². The molecule has 0 radical (unpaired) electrons. The number of para-hydroxylation sites is 1. The van der Waals surface area contributed by atoms with Crippen LogP contribution < -0.4 is 5.32 Å². The van der Waals surface area contributed by atoms with Crippen molar-refractivity contribution in [3.8, 4) is 0 Å². The van der Waals surface area contributed by atoms with E-state index in [4.69, 9.17) is 11.6 Å². The SMILES string of the molecule is Fc1ccc(Nc2nc(SCc3ccc(C(F)(F)F)cc3)nc3ccccc23)cc1Cl. The van der Waals surface area contributed by atoms with Crippen LogP contribution in [0.5, 0.6) is 0 Å². The number of hydrogen-bond donors (Lipinski definition) is 1. The molecule has 3 nitrogen and oxygen atoms in total. The Kier molecular flexibility index (Phi) is 6.02. The number of nitrogens with one attached hydrogen (secondary N) is 1. The lowest BCUT2D eigenvalue weighted by Gasteiger charge is -2.11. The van der Waals surface area contributed by atoms with E-state index in [9.17, 15) is 17.6 Å². The number of nitrogens with zero attached hydrogens (tertiary/aromatic N) is 2. The van der Waals surface area contributed by atoms with E-state index >= 15 is 0 Å². The number of aromatic nitrogens is 2. The van der Waals surface area contributed by atoms with Crippen molar-refractivity contribution in [1.29, 1.82) is 0 Å². The van der Waals surface area contributed by atoms with E-state index < -0.39 is 17.6 Å². The van der Waals surface area contributed by atoms with Crippen LogP contribution in [0, 0.1) is 5.82 Å². The standard InChI is InChI=1S/C22H14ClF4N3S/c23-17-11-15(9-10-18(17)24)28-20-16-3-1-2-4-19(16)29-21(30-20)31-12-13-5-7-14(8-6-13)22(25,26)27/h1-11H,12H2,(H,28,29,30). The van der Waals surface area contributed by atoms with Gasteiger partial charge < -0.3 is 5.32 Å². The molecule has 0 saturated heterocycles. The third kappa shape index (κ3) is 5.08. The fourth-order valence-electron chi connectivity index (χ4n) is 2.86. The van der Waals surface area contributed by atoms with Gasteiger partial charge >= 0.3 is 6.18 Å². The summed E-state index contributed by atoms with van der Waals surface area (Å²) in [6.07, 6.45) is -4.36. The van der Waals surface area contributed by atoms with Gasteiger partial charge in [0.2, 0.25) is 0 Å².